The number of nitrogens with one attached hydrogen (secondary N) is 3. The standard InChI is InChI=1S/C10H17N3O3/c1-6(9(15)11-2)13-8(14)5-12-10(16)7-3-4-7/h6-7H,3-5H2,1-2H3,(H,11,15)(H,12,16)(H,13,14). The van der Waals surface area contributed by atoms with E-state index in [4.69, 9.17) is 0 Å². The van der Waals surface area contributed by atoms with E-state index < -0.39 is 6.04 Å². The molecule has 90 valence electrons. The Morgan fingerprint density at radius 3 is 2.44 bits per heavy atom. The third-order valence-electron chi connectivity index (χ3n) is 2.39. The Kier molecular flexibility index (Phi) is 4.28. The predicted octanol–water partition coefficient (Wildman–Crippen LogP) is -1.24. The average Bonchev–Trinajstić information content (AvgIpc) is 3.08. The first-order valence-corrected chi connectivity index (χ1v) is 5.33. The highest BCUT2D eigenvalue weighted by molar-refractivity contribution is 5.90. The van der Waals surface area contributed by atoms with Gasteiger partial charge in [-0.15, -0.1) is 0 Å². The van der Waals surface area contributed by atoms with Crippen LogP contribution in [0.2, 0.25) is 0 Å². The van der Waals surface area contributed by atoms with E-state index in [0.717, 1.165) is 12.8 Å². The zero-order valence-corrected chi connectivity index (χ0v) is 9.50. The summed E-state index contributed by atoms with van der Waals surface area (Å²) in [7, 11) is 1.50. The molecule has 1 aliphatic carbocycles. The third kappa shape index (κ3) is 3.88. The summed E-state index contributed by atoms with van der Waals surface area (Å²) in [5.74, 6) is -0.612. The largest absolute Gasteiger partial charge is 0.357 e. The maximum absolute atomic E-state index is 11.3. The summed E-state index contributed by atoms with van der Waals surface area (Å²) >= 11 is 0. The average molecular weight is 227 g/mol. The van der Waals surface area contributed by atoms with Crippen molar-refractivity contribution in [2.75, 3.05) is 13.6 Å². The van der Waals surface area contributed by atoms with Gasteiger partial charge < -0.3 is 16.0 Å². The second kappa shape index (κ2) is 5.48. The van der Waals surface area contributed by atoms with E-state index in [0.29, 0.717) is 0 Å². The van der Waals surface area contributed by atoms with Crippen LogP contribution in [0.5, 0.6) is 0 Å². The van der Waals surface area contributed by atoms with Crippen LogP contribution in [0.3, 0.4) is 0 Å². The summed E-state index contributed by atoms with van der Waals surface area (Å²) in [6, 6.07) is -0.588. The van der Waals surface area contributed by atoms with Crippen LogP contribution in [0, 0.1) is 5.92 Å². The Bertz CT molecular complexity index is 300. The van der Waals surface area contributed by atoms with Gasteiger partial charge in [0.25, 0.3) is 0 Å². The minimum Gasteiger partial charge on any atom is -0.357 e. The molecule has 0 spiro atoms. The molecule has 1 unspecified atom stereocenters. The van der Waals surface area contributed by atoms with Gasteiger partial charge in [0.1, 0.15) is 6.04 Å². The molecule has 6 nitrogen and oxygen atoms in total. The molecule has 6 heteroatoms. The number of rotatable bonds is 5. The van der Waals surface area contributed by atoms with E-state index in [2.05, 4.69) is 16.0 Å². The Labute approximate surface area is 94.2 Å². The molecule has 0 radical (unpaired) electrons. The Hall–Kier alpha value is -1.59. The molecule has 3 amide bonds. The van der Waals surface area contributed by atoms with Gasteiger partial charge in [-0.1, -0.05) is 0 Å². The molecule has 0 aromatic heterocycles. The number of carbonyl (C=O) groups is 3. The first kappa shape index (κ1) is 12.5. The van der Waals surface area contributed by atoms with Crippen LogP contribution in [-0.2, 0) is 14.4 Å². The summed E-state index contributed by atoms with van der Waals surface area (Å²) in [6.07, 6.45) is 1.81. The fourth-order valence-electron chi connectivity index (χ4n) is 1.23. The highest BCUT2D eigenvalue weighted by Gasteiger charge is 2.29. The lowest BCUT2D eigenvalue weighted by Gasteiger charge is -2.12. The van der Waals surface area contributed by atoms with Crippen molar-refractivity contribution in [3.05, 3.63) is 0 Å². The van der Waals surface area contributed by atoms with Gasteiger partial charge in [0.2, 0.25) is 17.7 Å². The van der Waals surface area contributed by atoms with Gasteiger partial charge in [-0.2, -0.15) is 0 Å². The smallest absolute Gasteiger partial charge is 0.242 e. The minimum atomic E-state index is -0.588. The molecule has 3 N–H and O–H groups in total. The highest BCUT2D eigenvalue weighted by Crippen LogP contribution is 2.28. The molecule has 0 heterocycles. The van der Waals surface area contributed by atoms with E-state index in [1.807, 2.05) is 0 Å². The second-order valence-corrected chi connectivity index (χ2v) is 3.90. The minimum absolute atomic E-state index is 0.0728. The topological polar surface area (TPSA) is 87.3 Å². The van der Waals surface area contributed by atoms with Crippen molar-refractivity contribution in [3.63, 3.8) is 0 Å². The van der Waals surface area contributed by atoms with Crippen molar-refractivity contribution in [3.8, 4) is 0 Å². The van der Waals surface area contributed by atoms with Crippen LogP contribution in [0.15, 0.2) is 0 Å². The van der Waals surface area contributed by atoms with Crippen molar-refractivity contribution in [2.45, 2.75) is 25.8 Å². The summed E-state index contributed by atoms with van der Waals surface area (Å²) in [6.45, 7) is 1.51. The summed E-state index contributed by atoms with van der Waals surface area (Å²) in [5, 5.41) is 7.43. The fraction of sp³-hybridized carbons (Fsp3) is 0.700. The quantitative estimate of drug-likeness (QED) is 0.549. The van der Waals surface area contributed by atoms with Crippen molar-refractivity contribution in [2.24, 2.45) is 5.92 Å². The molecule has 0 aromatic carbocycles. The van der Waals surface area contributed by atoms with E-state index in [1.54, 1.807) is 6.92 Å². The van der Waals surface area contributed by atoms with Gasteiger partial charge >= 0.3 is 0 Å². The zero-order chi connectivity index (χ0) is 12.1. The number of likely N-dealkylation sites (N-methyl/N-ethyl adjacent to an activating group) is 1. The van der Waals surface area contributed by atoms with Gasteiger partial charge in [0.15, 0.2) is 0 Å². The molecule has 0 aromatic rings. The van der Waals surface area contributed by atoms with Gasteiger partial charge in [0.05, 0.1) is 6.54 Å². The van der Waals surface area contributed by atoms with E-state index >= 15 is 0 Å². The van der Waals surface area contributed by atoms with Crippen LogP contribution in [-0.4, -0.2) is 37.4 Å². The Morgan fingerprint density at radius 2 is 1.94 bits per heavy atom. The van der Waals surface area contributed by atoms with Crippen molar-refractivity contribution < 1.29 is 14.4 Å². The molecule has 1 rings (SSSR count). The molecule has 16 heavy (non-hydrogen) atoms. The molecular formula is C10H17N3O3. The van der Waals surface area contributed by atoms with Crippen molar-refractivity contribution >= 4 is 17.7 Å². The lowest BCUT2D eigenvalue weighted by atomic mass is 10.3. The Morgan fingerprint density at radius 1 is 1.31 bits per heavy atom. The van der Waals surface area contributed by atoms with E-state index in [1.165, 1.54) is 7.05 Å². The SMILES string of the molecule is CNC(=O)C(C)NC(=O)CNC(=O)C1CC1. The van der Waals surface area contributed by atoms with Crippen molar-refractivity contribution in [1.82, 2.24) is 16.0 Å². The van der Waals surface area contributed by atoms with E-state index in [-0.39, 0.29) is 30.2 Å². The molecular weight excluding hydrogens is 210 g/mol. The summed E-state index contributed by atoms with van der Waals surface area (Å²) in [4.78, 5) is 33.6. The van der Waals surface area contributed by atoms with E-state index in [9.17, 15) is 14.4 Å². The number of hydrogen-bond donors (Lipinski definition) is 3. The normalized spacial score (nSPS) is 16.1. The van der Waals surface area contributed by atoms with Crippen LogP contribution >= 0.6 is 0 Å². The number of amides is 3. The first-order chi connectivity index (χ1) is 7.54. The molecule has 0 saturated heterocycles. The predicted molar refractivity (Wildman–Crippen MR) is 57.4 cm³/mol. The van der Waals surface area contributed by atoms with Crippen molar-refractivity contribution in [1.29, 1.82) is 0 Å². The fourth-order valence-corrected chi connectivity index (χ4v) is 1.23. The van der Waals surface area contributed by atoms with Gasteiger partial charge in [-0.3, -0.25) is 14.4 Å². The lowest BCUT2D eigenvalue weighted by Crippen LogP contribution is -2.47. The zero-order valence-electron chi connectivity index (χ0n) is 9.50. The van der Waals surface area contributed by atoms with Gasteiger partial charge in [-0.05, 0) is 19.8 Å². The maximum Gasteiger partial charge on any atom is 0.242 e. The Balaban J connectivity index is 2.19. The summed E-state index contributed by atoms with van der Waals surface area (Å²) in [5.41, 5.74) is 0. The molecule has 1 atom stereocenters. The van der Waals surface area contributed by atoms with Gasteiger partial charge in [0, 0.05) is 13.0 Å². The van der Waals surface area contributed by atoms with Gasteiger partial charge in [-0.25, -0.2) is 0 Å². The monoisotopic (exact) mass is 227 g/mol. The summed E-state index contributed by atoms with van der Waals surface area (Å²) < 4.78 is 0. The number of carbonyl (C=O) groups excluding carboxylic acids is 3. The molecule has 1 aliphatic rings. The van der Waals surface area contributed by atoms with Crippen LogP contribution in [0.25, 0.3) is 0 Å². The maximum atomic E-state index is 11.3. The van der Waals surface area contributed by atoms with Crippen LogP contribution in [0.4, 0.5) is 0 Å². The lowest BCUT2D eigenvalue weighted by molar-refractivity contribution is -0.129. The first-order valence-electron chi connectivity index (χ1n) is 5.33. The molecule has 1 fully saturated rings. The molecule has 1 saturated carbocycles. The highest BCUT2D eigenvalue weighted by atomic mass is 16.2. The molecule has 0 aliphatic heterocycles. The molecule has 0 bridgehead atoms. The number of hydrogen-bond acceptors (Lipinski definition) is 3. The second-order valence-electron chi connectivity index (χ2n) is 3.90. The van der Waals surface area contributed by atoms with Crippen LogP contribution in [0.1, 0.15) is 19.8 Å². The van der Waals surface area contributed by atoms with Crippen LogP contribution < -0.4 is 16.0 Å². The third-order valence-corrected chi connectivity index (χ3v) is 2.39.